The number of nitrogens with one attached hydrogen (secondary N) is 2. The van der Waals surface area contributed by atoms with Gasteiger partial charge in [0.1, 0.15) is 0 Å². The van der Waals surface area contributed by atoms with Crippen molar-refractivity contribution < 1.29 is 22.7 Å². The molecular weight excluding hydrogens is 440 g/mol. The number of aromatic nitrogens is 2. The van der Waals surface area contributed by atoms with Gasteiger partial charge in [-0.2, -0.15) is 0 Å². The van der Waals surface area contributed by atoms with Gasteiger partial charge in [-0.3, -0.25) is 10.1 Å². The summed E-state index contributed by atoms with van der Waals surface area (Å²) in [6.07, 6.45) is 0.440. The molecule has 2 N–H and O–H groups in total. The number of carbonyl (C=O) groups excluding carboxylic acids is 1. The molecule has 1 aromatic heterocycles. The van der Waals surface area contributed by atoms with Gasteiger partial charge in [0.05, 0.1) is 14.2 Å². The first-order chi connectivity index (χ1) is 14.8. The first-order valence-electron chi connectivity index (χ1n) is 9.24. The minimum atomic E-state index is -3.86. The van der Waals surface area contributed by atoms with Crippen LogP contribution in [0.5, 0.6) is 11.5 Å². The highest BCUT2D eigenvalue weighted by Crippen LogP contribution is 2.27. The second-order valence-electron chi connectivity index (χ2n) is 6.53. The molecule has 3 rings (SSSR count). The standard InChI is InChI=1S/C20H22N4O5S2/c1-13-5-4-6-15(11-13)18(25)22-19-23-24-20(30-19)31(26,27)21-10-9-14-7-8-16(28-2)17(12-14)29-3/h4-8,11-12,21H,9-10H2,1-3H3,(H,22,23,25). The number of hydrogen-bond acceptors (Lipinski definition) is 8. The maximum absolute atomic E-state index is 12.5. The fourth-order valence-corrected chi connectivity index (χ4v) is 4.72. The van der Waals surface area contributed by atoms with Gasteiger partial charge in [-0.15, -0.1) is 10.2 Å². The number of rotatable bonds is 9. The topological polar surface area (TPSA) is 120 Å². The number of aryl methyl sites for hydroxylation is 1. The highest BCUT2D eigenvalue weighted by molar-refractivity contribution is 7.91. The number of nitrogens with zero attached hydrogens (tertiary/aromatic N) is 2. The Hall–Kier alpha value is -3.02. The van der Waals surface area contributed by atoms with E-state index in [1.54, 1.807) is 37.4 Å². The highest BCUT2D eigenvalue weighted by atomic mass is 32.2. The monoisotopic (exact) mass is 462 g/mol. The molecule has 0 bridgehead atoms. The number of methoxy groups -OCH3 is 2. The van der Waals surface area contributed by atoms with E-state index in [0.29, 0.717) is 23.5 Å². The Kier molecular flexibility index (Phi) is 7.21. The molecule has 164 valence electrons. The first kappa shape index (κ1) is 22.7. The van der Waals surface area contributed by atoms with Gasteiger partial charge >= 0.3 is 0 Å². The van der Waals surface area contributed by atoms with Crippen LogP contribution in [-0.2, 0) is 16.4 Å². The van der Waals surface area contributed by atoms with Crippen LogP contribution in [0.15, 0.2) is 46.8 Å². The Bertz CT molecular complexity index is 1180. The van der Waals surface area contributed by atoms with Crippen molar-refractivity contribution in [3.8, 4) is 11.5 Å². The molecule has 0 fully saturated rings. The van der Waals surface area contributed by atoms with Gasteiger partial charge in [0.2, 0.25) is 9.47 Å². The van der Waals surface area contributed by atoms with Gasteiger partial charge < -0.3 is 9.47 Å². The molecule has 9 nitrogen and oxygen atoms in total. The summed E-state index contributed by atoms with van der Waals surface area (Å²) in [5.41, 5.74) is 2.27. The summed E-state index contributed by atoms with van der Waals surface area (Å²) in [7, 11) is -0.774. The summed E-state index contributed by atoms with van der Waals surface area (Å²) >= 11 is 0.783. The third-order valence-electron chi connectivity index (χ3n) is 4.29. The third kappa shape index (κ3) is 5.78. The van der Waals surface area contributed by atoms with Gasteiger partial charge in [0.25, 0.3) is 15.9 Å². The molecule has 0 unspecified atom stereocenters. The molecular formula is C20H22N4O5S2. The van der Waals surface area contributed by atoms with Crippen LogP contribution in [0.3, 0.4) is 0 Å². The molecule has 0 saturated carbocycles. The van der Waals surface area contributed by atoms with E-state index in [0.717, 1.165) is 22.5 Å². The van der Waals surface area contributed by atoms with Gasteiger partial charge in [-0.1, -0.05) is 35.1 Å². The molecule has 31 heavy (non-hydrogen) atoms. The van der Waals surface area contributed by atoms with Crippen LogP contribution < -0.4 is 19.5 Å². The summed E-state index contributed by atoms with van der Waals surface area (Å²) < 4.78 is 37.7. The minimum absolute atomic E-state index is 0.103. The number of hydrogen-bond donors (Lipinski definition) is 2. The van der Waals surface area contributed by atoms with Crippen LogP contribution >= 0.6 is 11.3 Å². The molecule has 0 aliphatic rings. The van der Waals surface area contributed by atoms with Crippen molar-refractivity contribution in [2.45, 2.75) is 17.7 Å². The van der Waals surface area contributed by atoms with Gasteiger partial charge in [0.15, 0.2) is 11.5 Å². The predicted octanol–water partition coefficient (Wildman–Crippen LogP) is 2.64. The predicted molar refractivity (Wildman–Crippen MR) is 117 cm³/mol. The maximum Gasteiger partial charge on any atom is 0.269 e. The van der Waals surface area contributed by atoms with Crippen LogP contribution in [0.4, 0.5) is 5.13 Å². The molecule has 0 saturated heterocycles. The van der Waals surface area contributed by atoms with Crippen molar-refractivity contribution in [2.24, 2.45) is 0 Å². The van der Waals surface area contributed by atoms with Crippen molar-refractivity contribution in [3.05, 3.63) is 59.2 Å². The molecule has 0 spiro atoms. The Morgan fingerprint density at radius 3 is 2.55 bits per heavy atom. The van der Waals surface area contributed by atoms with E-state index in [4.69, 9.17) is 9.47 Å². The molecule has 11 heteroatoms. The highest BCUT2D eigenvalue weighted by Gasteiger charge is 2.21. The van der Waals surface area contributed by atoms with Crippen LogP contribution in [0.1, 0.15) is 21.5 Å². The normalized spacial score (nSPS) is 11.2. The maximum atomic E-state index is 12.5. The number of amides is 1. The number of ether oxygens (including phenoxy) is 2. The van der Waals surface area contributed by atoms with Crippen molar-refractivity contribution in [1.82, 2.24) is 14.9 Å². The minimum Gasteiger partial charge on any atom is -0.493 e. The summed E-state index contributed by atoms with van der Waals surface area (Å²) in [5.74, 6) is 0.784. The summed E-state index contributed by atoms with van der Waals surface area (Å²) in [5, 5.41) is 10.1. The smallest absolute Gasteiger partial charge is 0.269 e. The third-order valence-corrected chi connectivity index (χ3v) is 6.96. The lowest BCUT2D eigenvalue weighted by Gasteiger charge is -2.09. The lowest BCUT2D eigenvalue weighted by atomic mass is 10.1. The fraction of sp³-hybridized carbons (Fsp3) is 0.250. The average molecular weight is 463 g/mol. The number of benzene rings is 2. The van der Waals surface area contributed by atoms with E-state index in [9.17, 15) is 13.2 Å². The SMILES string of the molecule is COc1ccc(CCNS(=O)(=O)c2nnc(NC(=O)c3cccc(C)c3)s2)cc1OC. The quantitative estimate of drug-likeness (QED) is 0.469. The zero-order valence-corrected chi connectivity index (χ0v) is 18.8. The molecule has 0 atom stereocenters. The number of carbonyl (C=O) groups is 1. The van der Waals surface area contributed by atoms with Crippen LogP contribution in [0.25, 0.3) is 0 Å². The second-order valence-corrected chi connectivity index (χ2v) is 9.45. The van der Waals surface area contributed by atoms with Crippen LogP contribution in [-0.4, -0.2) is 45.3 Å². The largest absolute Gasteiger partial charge is 0.493 e. The summed E-state index contributed by atoms with van der Waals surface area (Å²) in [6, 6.07) is 12.4. The van der Waals surface area contributed by atoms with E-state index >= 15 is 0 Å². The van der Waals surface area contributed by atoms with Gasteiger partial charge in [-0.05, 0) is 43.2 Å². The zero-order chi connectivity index (χ0) is 22.4. The number of sulfonamides is 1. The van der Waals surface area contributed by atoms with E-state index in [-0.39, 0.29) is 21.9 Å². The molecule has 0 aliphatic carbocycles. The van der Waals surface area contributed by atoms with Crippen molar-refractivity contribution in [3.63, 3.8) is 0 Å². The lowest BCUT2D eigenvalue weighted by molar-refractivity contribution is 0.102. The molecule has 3 aromatic rings. The van der Waals surface area contributed by atoms with Gasteiger partial charge in [-0.25, -0.2) is 13.1 Å². The van der Waals surface area contributed by atoms with E-state index < -0.39 is 10.0 Å². The molecule has 2 aromatic carbocycles. The van der Waals surface area contributed by atoms with Crippen LogP contribution in [0, 0.1) is 6.92 Å². The Morgan fingerprint density at radius 2 is 1.84 bits per heavy atom. The second kappa shape index (κ2) is 9.86. The van der Waals surface area contributed by atoms with E-state index in [2.05, 4.69) is 20.2 Å². The molecule has 0 radical (unpaired) electrons. The Morgan fingerprint density at radius 1 is 1.06 bits per heavy atom. The summed E-state index contributed by atoms with van der Waals surface area (Å²) in [6.45, 7) is 2.03. The molecule has 0 aliphatic heterocycles. The Labute approximate surface area is 184 Å². The lowest BCUT2D eigenvalue weighted by Crippen LogP contribution is -2.26. The van der Waals surface area contributed by atoms with Crippen molar-refractivity contribution in [1.29, 1.82) is 0 Å². The van der Waals surface area contributed by atoms with E-state index in [1.807, 2.05) is 19.1 Å². The average Bonchev–Trinajstić information content (AvgIpc) is 3.23. The van der Waals surface area contributed by atoms with Crippen molar-refractivity contribution >= 4 is 32.4 Å². The van der Waals surface area contributed by atoms with E-state index in [1.165, 1.54) is 7.11 Å². The summed E-state index contributed by atoms with van der Waals surface area (Å²) in [4.78, 5) is 12.3. The number of anilines is 1. The van der Waals surface area contributed by atoms with Crippen LogP contribution in [0.2, 0.25) is 0 Å². The van der Waals surface area contributed by atoms with Crippen molar-refractivity contribution in [2.75, 3.05) is 26.1 Å². The fourth-order valence-electron chi connectivity index (χ4n) is 2.75. The molecule has 1 heterocycles. The first-order valence-corrected chi connectivity index (χ1v) is 11.5. The zero-order valence-electron chi connectivity index (χ0n) is 17.2. The van der Waals surface area contributed by atoms with Gasteiger partial charge in [0, 0.05) is 12.1 Å². The molecule has 1 amide bonds. The Balaban J connectivity index is 1.60.